The number of rotatable bonds is 6. The van der Waals surface area contributed by atoms with Crippen LogP contribution in [0.25, 0.3) is 0 Å². The lowest BCUT2D eigenvalue weighted by molar-refractivity contribution is 0.408. The van der Waals surface area contributed by atoms with Gasteiger partial charge in [0.15, 0.2) is 0 Å². The molecule has 0 radical (unpaired) electrons. The highest BCUT2D eigenvalue weighted by atomic mass is 32.2. The quantitative estimate of drug-likeness (QED) is 0.161. The first-order chi connectivity index (χ1) is 16.3. The summed E-state index contributed by atoms with van der Waals surface area (Å²) in [7, 11) is 0. The van der Waals surface area contributed by atoms with Crippen LogP contribution in [0.3, 0.4) is 0 Å². The van der Waals surface area contributed by atoms with E-state index in [1.807, 2.05) is 41.2 Å². The van der Waals surface area contributed by atoms with Crippen LogP contribution in [0, 0.1) is 0 Å². The van der Waals surface area contributed by atoms with Crippen molar-refractivity contribution in [3.63, 3.8) is 0 Å². The molecule has 0 bridgehead atoms. The van der Waals surface area contributed by atoms with Crippen molar-refractivity contribution < 1.29 is 4.74 Å². The molecule has 33 heavy (non-hydrogen) atoms. The largest absolute Gasteiger partial charge is 0.371 e. The third-order valence-corrected chi connectivity index (χ3v) is 6.86. The van der Waals surface area contributed by atoms with Gasteiger partial charge in [0, 0.05) is 15.5 Å². The predicted molar refractivity (Wildman–Crippen MR) is 136 cm³/mol. The van der Waals surface area contributed by atoms with Crippen molar-refractivity contribution in [2.45, 2.75) is 15.9 Å². The number of nitrogens with zero attached hydrogens (tertiary/aromatic N) is 3. The Hall–Kier alpha value is -3.54. The molecule has 4 nitrogen and oxygen atoms in total. The first-order valence-corrected chi connectivity index (χ1v) is 11.9. The molecule has 2 heterocycles. The monoisotopic (exact) mass is 449 g/mol. The molecule has 162 valence electrons. The summed E-state index contributed by atoms with van der Waals surface area (Å²) in [6, 6.07) is 35.9. The zero-order chi connectivity index (χ0) is 22.0. The van der Waals surface area contributed by atoms with Crippen LogP contribution in [0.1, 0.15) is 5.56 Å². The van der Waals surface area contributed by atoms with E-state index in [-0.39, 0.29) is 6.10 Å². The second-order valence-electron chi connectivity index (χ2n) is 8.09. The Bertz CT molecular complexity index is 1290. The number of anilines is 4. The number of hydrogen-bond acceptors (Lipinski definition) is 5. The standard InChI is InChI=1S/C28H23N3OS/c1-3-9-22(10-4-1)30(19-24-20-32-24)29-18-21-15-16-26-28(17-21)33-27-14-8-7-13-25(27)31(26)23-11-5-2-6-12-23/h1-18,24H,19-20H2. The fraction of sp³-hybridized carbons (Fsp3) is 0.107. The van der Waals surface area contributed by atoms with Crippen molar-refractivity contribution in [2.75, 3.05) is 23.1 Å². The van der Waals surface area contributed by atoms with Gasteiger partial charge >= 0.3 is 0 Å². The van der Waals surface area contributed by atoms with Crippen LogP contribution < -0.4 is 9.91 Å². The maximum absolute atomic E-state index is 5.45. The number of para-hydroxylation sites is 3. The summed E-state index contributed by atoms with van der Waals surface area (Å²) in [4.78, 5) is 4.81. The van der Waals surface area contributed by atoms with Crippen molar-refractivity contribution in [1.82, 2.24) is 0 Å². The van der Waals surface area contributed by atoms with Crippen LogP contribution in [0.2, 0.25) is 0 Å². The molecular formula is C28H23N3OS. The van der Waals surface area contributed by atoms with E-state index >= 15 is 0 Å². The Labute approximate surface area is 198 Å². The van der Waals surface area contributed by atoms with Crippen molar-refractivity contribution in [1.29, 1.82) is 0 Å². The van der Waals surface area contributed by atoms with E-state index in [4.69, 9.17) is 9.84 Å². The van der Waals surface area contributed by atoms with Gasteiger partial charge in [-0.1, -0.05) is 66.4 Å². The minimum absolute atomic E-state index is 0.261. The molecule has 2 aliphatic rings. The Kier molecular flexibility index (Phi) is 5.34. The molecule has 0 amide bonds. The van der Waals surface area contributed by atoms with Crippen molar-refractivity contribution in [2.24, 2.45) is 5.10 Å². The first-order valence-electron chi connectivity index (χ1n) is 11.1. The predicted octanol–water partition coefficient (Wildman–Crippen LogP) is 6.86. The maximum atomic E-state index is 5.45. The Morgan fingerprint density at radius 3 is 2.33 bits per heavy atom. The third-order valence-electron chi connectivity index (χ3n) is 5.74. The average molecular weight is 450 g/mol. The number of hydrogen-bond donors (Lipinski definition) is 0. The van der Waals surface area contributed by atoms with Crippen LogP contribution in [0.5, 0.6) is 0 Å². The highest BCUT2D eigenvalue weighted by Crippen LogP contribution is 2.51. The van der Waals surface area contributed by atoms with Gasteiger partial charge < -0.3 is 9.64 Å². The minimum atomic E-state index is 0.261. The molecule has 4 aromatic rings. The fourth-order valence-electron chi connectivity index (χ4n) is 4.03. The molecule has 4 aromatic carbocycles. The zero-order valence-electron chi connectivity index (χ0n) is 18.0. The van der Waals surface area contributed by atoms with Gasteiger partial charge in [-0.05, 0) is 54.1 Å². The minimum Gasteiger partial charge on any atom is -0.371 e. The zero-order valence-corrected chi connectivity index (χ0v) is 18.9. The van der Waals surface area contributed by atoms with Crippen LogP contribution in [-0.2, 0) is 4.74 Å². The highest BCUT2D eigenvalue weighted by Gasteiger charge is 2.26. The molecule has 0 spiro atoms. The topological polar surface area (TPSA) is 31.4 Å². The Morgan fingerprint density at radius 2 is 1.55 bits per heavy atom. The van der Waals surface area contributed by atoms with Crippen LogP contribution in [-0.4, -0.2) is 25.5 Å². The summed E-state index contributed by atoms with van der Waals surface area (Å²) in [5, 5.41) is 6.84. The summed E-state index contributed by atoms with van der Waals surface area (Å²) >= 11 is 1.81. The molecule has 1 atom stereocenters. The van der Waals surface area contributed by atoms with Crippen LogP contribution in [0.4, 0.5) is 22.7 Å². The molecule has 1 saturated heterocycles. The number of fused-ring (bicyclic) bond motifs is 2. The lowest BCUT2D eigenvalue weighted by Crippen LogP contribution is -2.22. The van der Waals surface area contributed by atoms with Crippen LogP contribution in [0.15, 0.2) is 118 Å². The molecule has 1 unspecified atom stereocenters. The molecule has 0 saturated carbocycles. The fourth-order valence-corrected chi connectivity index (χ4v) is 5.14. The highest BCUT2D eigenvalue weighted by molar-refractivity contribution is 7.99. The molecule has 6 rings (SSSR count). The van der Waals surface area contributed by atoms with Crippen molar-refractivity contribution in [3.05, 3.63) is 109 Å². The van der Waals surface area contributed by atoms with E-state index in [1.165, 1.54) is 21.2 Å². The molecule has 0 aliphatic carbocycles. The van der Waals surface area contributed by atoms with Crippen molar-refractivity contribution >= 4 is 40.7 Å². The lowest BCUT2D eigenvalue weighted by atomic mass is 10.1. The van der Waals surface area contributed by atoms with Gasteiger partial charge in [-0.3, -0.25) is 5.01 Å². The van der Waals surface area contributed by atoms with Gasteiger partial charge in [0.25, 0.3) is 0 Å². The molecule has 1 fully saturated rings. The second kappa shape index (κ2) is 8.77. The number of hydrazone groups is 1. The van der Waals surface area contributed by atoms with Crippen LogP contribution >= 0.6 is 11.8 Å². The molecule has 0 aromatic heterocycles. The van der Waals surface area contributed by atoms with Gasteiger partial charge in [0.2, 0.25) is 0 Å². The molecule has 2 aliphatic heterocycles. The van der Waals surface area contributed by atoms with Gasteiger partial charge in [0.1, 0.15) is 6.10 Å². The van der Waals surface area contributed by atoms with E-state index < -0.39 is 0 Å². The van der Waals surface area contributed by atoms with E-state index in [0.29, 0.717) is 0 Å². The Balaban J connectivity index is 1.34. The summed E-state index contributed by atoms with van der Waals surface area (Å²) in [5.74, 6) is 0. The molecule has 0 N–H and O–H groups in total. The van der Waals surface area contributed by atoms with Gasteiger partial charge in [0.05, 0.1) is 36.4 Å². The van der Waals surface area contributed by atoms with Crippen molar-refractivity contribution in [3.8, 4) is 0 Å². The summed E-state index contributed by atoms with van der Waals surface area (Å²) < 4.78 is 5.45. The number of ether oxygens (including phenoxy) is 1. The van der Waals surface area contributed by atoms with E-state index in [2.05, 4.69) is 89.8 Å². The summed E-state index contributed by atoms with van der Waals surface area (Å²) in [6.07, 6.45) is 2.21. The van der Waals surface area contributed by atoms with Gasteiger partial charge in [-0.15, -0.1) is 0 Å². The normalized spacial score (nSPS) is 16.4. The third kappa shape index (κ3) is 4.25. The Morgan fingerprint density at radius 1 is 0.848 bits per heavy atom. The summed E-state index contributed by atoms with van der Waals surface area (Å²) in [6.45, 7) is 1.57. The number of benzene rings is 4. The average Bonchev–Trinajstić information content (AvgIpc) is 3.70. The molecule has 5 heteroatoms. The second-order valence-corrected chi connectivity index (χ2v) is 9.17. The maximum Gasteiger partial charge on any atom is 0.101 e. The van der Waals surface area contributed by atoms with E-state index in [0.717, 1.165) is 30.1 Å². The summed E-state index contributed by atoms with van der Waals surface area (Å²) in [5.41, 5.74) is 5.70. The number of epoxide rings is 1. The SMILES string of the molecule is C(=NN(CC1CO1)c1ccccc1)c1ccc2c(c1)Sc1ccccc1N2c1ccccc1. The smallest absolute Gasteiger partial charge is 0.101 e. The van der Waals surface area contributed by atoms with E-state index in [1.54, 1.807) is 0 Å². The van der Waals surface area contributed by atoms with Gasteiger partial charge in [-0.25, -0.2) is 0 Å². The van der Waals surface area contributed by atoms with Gasteiger partial charge in [-0.2, -0.15) is 5.10 Å². The molecular weight excluding hydrogens is 426 g/mol. The van der Waals surface area contributed by atoms with E-state index in [9.17, 15) is 0 Å². The first kappa shape index (κ1) is 20.1. The lowest BCUT2D eigenvalue weighted by Gasteiger charge is -2.33.